The third-order valence-corrected chi connectivity index (χ3v) is 4.45. The van der Waals surface area contributed by atoms with Gasteiger partial charge in [0.05, 0.1) is 18.0 Å². The number of hydrogen-bond donors (Lipinski definition) is 0. The average Bonchev–Trinajstić information content (AvgIpc) is 2.90. The number of rotatable bonds is 6. The van der Waals surface area contributed by atoms with Crippen molar-refractivity contribution in [1.29, 1.82) is 0 Å². The molecule has 0 N–H and O–H groups in total. The Balaban J connectivity index is 1.85. The number of ether oxygens (including phenoxy) is 1. The Hall–Kier alpha value is -2.66. The third kappa shape index (κ3) is 3.78. The summed E-state index contributed by atoms with van der Waals surface area (Å²) in [6, 6.07) is 12.7. The molecule has 0 spiro atoms. The minimum atomic E-state index is -0.0225. The standard InChI is InChI=1S/C20H20ClN3O2/c1-4-26-18-10-9-16(22-23-18)12-17-11-13(2)19(24(17)3)20(25)14-5-7-15(21)8-6-14/h5-11H,4,12H2,1-3H3. The molecule has 0 bridgehead atoms. The number of aromatic nitrogens is 3. The van der Waals surface area contributed by atoms with Crippen LogP contribution in [-0.4, -0.2) is 27.2 Å². The maximum Gasteiger partial charge on any atom is 0.233 e. The lowest BCUT2D eigenvalue weighted by Crippen LogP contribution is -2.11. The average molecular weight is 370 g/mol. The van der Waals surface area contributed by atoms with Gasteiger partial charge in [0.2, 0.25) is 11.7 Å². The number of benzene rings is 1. The van der Waals surface area contributed by atoms with Crippen molar-refractivity contribution >= 4 is 17.4 Å². The molecule has 0 radical (unpaired) electrons. The fourth-order valence-corrected chi connectivity index (χ4v) is 3.04. The SMILES string of the molecule is CCOc1ccc(Cc2cc(C)c(C(=O)c3ccc(Cl)cc3)n2C)nn1. The molecule has 5 nitrogen and oxygen atoms in total. The van der Waals surface area contributed by atoms with Gasteiger partial charge in [-0.15, -0.1) is 5.10 Å². The lowest BCUT2D eigenvalue weighted by molar-refractivity contribution is 0.103. The van der Waals surface area contributed by atoms with E-state index in [1.54, 1.807) is 30.3 Å². The number of carbonyl (C=O) groups excluding carboxylic acids is 1. The maximum absolute atomic E-state index is 12.9. The van der Waals surface area contributed by atoms with Crippen molar-refractivity contribution in [1.82, 2.24) is 14.8 Å². The predicted octanol–water partition coefficient (Wildman–Crippen LogP) is 4.00. The van der Waals surface area contributed by atoms with E-state index in [1.165, 1.54) is 0 Å². The van der Waals surface area contributed by atoms with Crippen molar-refractivity contribution in [2.45, 2.75) is 20.3 Å². The van der Waals surface area contributed by atoms with Crippen molar-refractivity contribution in [2.75, 3.05) is 6.61 Å². The van der Waals surface area contributed by atoms with Gasteiger partial charge in [0, 0.05) is 35.8 Å². The van der Waals surface area contributed by atoms with E-state index in [9.17, 15) is 4.79 Å². The van der Waals surface area contributed by atoms with E-state index in [0.717, 1.165) is 17.0 Å². The van der Waals surface area contributed by atoms with Crippen molar-refractivity contribution in [3.63, 3.8) is 0 Å². The molecule has 0 unspecified atom stereocenters. The largest absolute Gasteiger partial charge is 0.477 e. The van der Waals surface area contributed by atoms with Crippen LogP contribution in [0.3, 0.4) is 0 Å². The predicted molar refractivity (Wildman–Crippen MR) is 101 cm³/mol. The third-order valence-electron chi connectivity index (χ3n) is 4.19. The Morgan fingerprint density at radius 3 is 2.50 bits per heavy atom. The molecule has 2 heterocycles. The van der Waals surface area contributed by atoms with Crippen LogP contribution in [0.1, 0.15) is 39.9 Å². The molecule has 0 amide bonds. The van der Waals surface area contributed by atoms with Crippen LogP contribution in [-0.2, 0) is 13.5 Å². The van der Waals surface area contributed by atoms with Gasteiger partial charge in [0.25, 0.3) is 0 Å². The van der Waals surface area contributed by atoms with Crippen LogP contribution in [0.4, 0.5) is 0 Å². The summed E-state index contributed by atoms with van der Waals surface area (Å²) in [4.78, 5) is 12.9. The number of halogens is 1. The number of aryl methyl sites for hydroxylation is 1. The molecule has 3 rings (SSSR count). The molecule has 1 aromatic carbocycles. The molecule has 0 saturated heterocycles. The molecule has 0 aliphatic rings. The second-order valence-electron chi connectivity index (χ2n) is 6.04. The Kier molecular flexibility index (Phi) is 5.38. The summed E-state index contributed by atoms with van der Waals surface area (Å²) in [5.41, 5.74) is 4.03. The minimum absolute atomic E-state index is 0.0225. The fourth-order valence-electron chi connectivity index (χ4n) is 2.91. The zero-order valence-corrected chi connectivity index (χ0v) is 15.7. The van der Waals surface area contributed by atoms with Gasteiger partial charge in [-0.2, -0.15) is 5.10 Å². The number of hydrogen-bond acceptors (Lipinski definition) is 4. The summed E-state index contributed by atoms with van der Waals surface area (Å²) in [7, 11) is 1.90. The second kappa shape index (κ2) is 7.70. The zero-order valence-electron chi connectivity index (χ0n) is 15.0. The Labute approximate surface area is 157 Å². The summed E-state index contributed by atoms with van der Waals surface area (Å²) >= 11 is 5.91. The van der Waals surface area contributed by atoms with E-state index in [-0.39, 0.29) is 5.78 Å². The lowest BCUT2D eigenvalue weighted by atomic mass is 10.1. The fraction of sp³-hybridized carbons (Fsp3) is 0.250. The van der Waals surface area contributed by atoms with Crippen LogP contribution in [0.15, 0.2) is 42.5 Å². The van der Waals surface area contributed by atoms with Crippen LogP contribution in [0.5, 0.6) is 5.88 Å². The van der Waals surface area contributed by atoms with Crippen molar-refractivity contribution < 1.29 is 9.53 Å². The summed E-state index contributed by atoms with van der Waals surface area (Å²) < 4.78 is 7.24. The summed E-state index contributed by atoms with van der Waals surface area (Å²) in [6.07, 6.45) is 0.588. The smallest absolute Gasteiger partial charge is 0.233 e. The normalized spacial score (nSPS) is 10.8. The Bertz CT molecular complexity index is 915. The molecule has 0 aliphatic carbocycles. The van der Waals surface area contributed by atoms with E-state index >= 15 is 0 Å². The number of ketones is 1. The van der Waals surface area contributed by atoms with Gasteiger partial charge < -0.3 is 9.30 Å². The summed E-state index contributed by atoms with van der Waals surface area (Å²) in [5.74, 6) is 0.489. The molecule has 0 saturated carbocycles. The topological polar surface area (TPSA) is 57.0 Å². The van der Waals surface area contributed by atoms with E-state index in [4.69, 9.17) is 16.3 Å². The number of carbonyl (C=O) groups is 1. The van der Waals surface area contributed by atoms with Gasteiger partial charge in [0.1, 0.15) is 0 Å². The van der Waals surface area contributed by atoms with Gasteiger partial charge >= 0.3 is 0 Å². The van der Waals surface area contributed by atoms with E-state index in [2.05, 4.69) is 10.2 Å². The number of nitrogens with zero attached hydrogens (tertiary/aromatic N) is 3. The Morgan fingerprint density at radius 1 is 1.15 bits per heavy atom. The van der Waals surface area contributed by atoms with E-state index < -0.39 is 0 Å². The van der Waals surface area contributed by atoms with Gasteiger partial charge in [-0.25, -0.2) is 0 Å². The van der Waals surface area contributed by atoms with Crippen molar-refractivity contribution in [3.8, 4) is 5.88 Å². The van der Waals surface area contributed by atoms with Crippen LogP contribution in [0.2, 0.25) is 5.02 Å². The molecule has 0 aliphatic heterocycles. The molecular weight excluding hydrogens is 350 g/mol. The van der Waals surface area contributed by atoms with Crippen LogP contribution >= 0.6 is 11.6 Å². The van der Waals surface area contributed by atoms with Crippen molar-refractivity contribution in [2.24, 2.45) is 7.05 Å². The maximum atomic E-state index is 12.9. The Morgan fingerprint density at radius 2 is 1.88 bits per heavy atom. The quantitative estimate of drug-likeness (QED) is 0.616. The molecule has 2 aromatic heterocycles. The molecule has 3 aromatic rings. The van der Waals surface area contributed by atoms with Crippen LogP contribution < -0.4 is 4.74 Å². The molecule has 6 heteroatoms. The van der Waals surface area contributed by atoms with Crippen molar-refractivity contribution in [3.05, 3.63) is 75.7 Å². The van der Waals surface area contributed by atoms with Crippen LogP contribution in [0, 0.1) is 6.92 Å². The first-order valence-electron chi connectivity index (χ1n) is 8.40. The minimum Gasteiger partial charge on any atom is -0.477 e. The lowest BCUT2D eigenvalue weighted by Gasteiger charge is -2.08. The molecule has 26 heavy (non-hydrogen) atoms. The van der Waals surface area contributed by atoms with Gasteiger partial charge in [-0.05, 0) is 55.8 Å². The summed E-state index contributed by atoms with van der Waals surface area (Å²) in [6.45, 7) is 4.40. The van der Waals surface area contributed by atoms with Gasteiger partial charge in [-0.3, -0.25) is 4.79 Å². The first-order chi connectivity index (χ1) is 12.5. The highest BCUT2D eigenvalue weighted by molar-refractivity contribution is 6.30. The first-order valence-corrected chi connectivity index (χ1v) is 8.78. The molecule has 134 valence electrons. The summed E-state index contributed by atoms with van der Waals surface area (Å²) in [5, 5.41) is 8.86. The van der Waals surface area contributed by atoms with E-state index in [0.29, 0.717) is 35.2 Å². The van der Waals surface area contributed by atoms with Crippen LogP contribution in [0.25, 0.3) is 0 Å². The monoisotopic (exact) mass is 369 g/mol. The van der Waals surface area contributed by atoms with Gasteiger partial charge in [0.15, 0.2) is 0 Å². The zero-order chi connectivity index (χ0) is 18.7. The van der Waals surface area contributed by atoms with E-state index in [1.807, 2.05) is 37.6 Å². The second-order valence-corrected chi connectivity index (χ2v) is 6.47. The highest BCUT2D eigenvalue weighted by Gasteiger charge is 2.19. The highest BCUT2D eigenvalue weighted by atomic mass is 35.5. The first kappa shape index (κ1) is 18.1. The highest BCUT2D eigenvalue weighted by Crippen LogP contribution is 2.21. The molecule has 0 atom stereocenters. The van der Waals surface area contributed by atoms with Gasteiger partial charge in [-0.1, -0.05) is 11.6 Å². The molecule has 0 fully saturated rings. The molecular formula is C20H20ClN3O2.